The Morgan fingerprint density at radius 2 is 1.44 bits per heavy atom. The van der Waals surface area contributed by atoms with Crippen molar-refractivity contribution in [2.45, 2.75) is 69.6 Å². The van der Waals surface area contributed by atoms with Gasteiger partial charge in [0.05, 0.1) is 0 Å². The summed E-state index contributed by atoms with van der Waals surface area (Å²) in [6.45, 7) is 2.28. The lowest BCUT2D eigenvalue weighted by Crippen LogP contribution is -1.86. The van der Waals surface area contributed by atoms with E-state index in [0.29, 0.717) is 0 Å². The first kappa shape index (κ1) is 19.8. The fourth-order valence-corrected chi connectivity index (χ4v) is 4.00. The Morgan fingerprint density at radius 3 is 2.16 bits per heavy atom. The SMILES string of the molecule is CCCCCCCCC(=CCCc1ccccc1)Sc1ccccc1. The van der Waals surface area contributed by atoms with Gasteiger partial charge < -0.3 is 0 Å². The van der Waals surface area contributed by atoms with Gasteiger partial charge in [0.2, 0.25) is 0 Å². The van der Waals surface area contributed by atoms with E-state index >= 15 is 0 Å². The van der Waals surface area contributed by atoms with Crippen LogP contribution < -0.4 is 0 Å². The molecule has 2 rings (SSSR count). The van der Waals surface area contributed by atoms with E-state index in [1.165, 1.54) is 60.3 Å². The predicted molar refractivity (Wildman–Crippen MR) is 113 cm³/mol. The fourth-order valence-electron chi connectivity index (χ4n) is 2.96. The Labute approximate surface area is 158 Å². The second-order valence-corrected chi connectivity index (χ2v) is 7.83. The predicted octanol–water partition coefficient (Wildman–Crippen LogP) is 8.05. The standard InChI is InChI=1S/C24H32S/c1-2-3-4-5-6-11-18-24(25-23-19-12-8-13-20-23)21-14-17-22-15-9-7-10-16-22/h7-10,12-13,15-16,19-21H,2-6,11,14,17-18H2,1H3. The molecule has 0 saturated heterocycles. The zero-order valence-electron chi connectivity index (χ0n) is 15.6. The van der Waals surface area contributed by atoms with Crippen molar-refractivity contribution >= 4 is 11.8 Å². The highest BCUT2D eigenvalue weighted by molar-refractivity contribution is 8.03. The number of benzene rings is 2. The molecule has 2 aromatic rings. The molecule has 0 aliphatic rings. The molecule has 1 heteroatoms. The Morgan fingerprint density at radius 1 is 0.800 bits per heavy atom. The first-order chi connectivity index (χ1) is 12.4. The summed E-state index contributed by atoms with van der Waals surface area (Å²) in [5, 5.41) is 0. The molecule has 0 amide bonds. The molecule has 0 radical (unpaired) electrons. The summed E-state index contributed by atoms with van der Waals surface area (Å²) < 4.78 is 0. The van der Waals surface area contributed by atoms with Gasteiger partial charge >= 0.3 is 0 Å². The smallest absolute Gasteiger partial charge is 0.0118 e. The van der Waals surface area contributed by atoms with E-state index in [9.17, 15) is 0 Å². The lowest BCUT2D eigenvalue weighted by atomic mass is 10.1. The molecular formula is C24H32S. The molecule has 0 saturated carbocycles. The monoisotopic (exact) mass is 352 g/mol. The van der Waals surface area contributed by atoms with Crippen LogP contribution in [-0.2, 0) is 6.42 Å². The summed E-state index contributed by atoms with van der Waals surface area (Å²) in [5.41, 5.74) is 1.43. The molecule has 0 N–H and O–H groups in total. The van der Waals surface area contributed by atoms with E-state index in [1.54, 1.807) is 0 Å². The van der Waals surface area contributed by atoms with Crippen molar-refractivity contribution < 1.29 is 0 Å². The van der Waals surface area contributed by atoms with Gasteiger partial charge in [0.15, 0.2) is 0 Å². The topological polar surface area (TPSA) is 0 Å². The average molecular weight is 353 g/mol. The van der Waals surface area contributed by atoms with Crippen LogP contribution in [0.3, 0.4) is 0 Å². The van der Waals surface area contributed by atoms with Crippen molar-refractivity contribution in [1.82, 2.24) is 0 Å². The quantitative estimate of drug-likeness (QED) is 0.275. The molecule has 0 bridgehead atoms. The van der Waals surface area contributed by atoms with E-state index < -0.39 is 0 Å². The Balaban J connectivity index is 1.83. The minimum absolute atomic E-state index is 1.13. The highest BCUT2D eigenvalue weighted by Gasteiger charge is 2.02. The summed E-state index contributed by atoms with van der Waals surface area (Å²) in [4.78, 5) is 2.90. The van der Waals surface area contributed by atoms with Crippen LogP contribution >= 0.6 is 11.8 Å². The summed E-state index contributed by atoms with van der Waals surface area (Å²) >= 11 is 1.95. The molecule has 0 aliphatic heterocycles. The molecule has 0 aliphatic carbocycles. The molecule has 0 nitrogen and oxygen atoms in total. The molecule has 0 aromatic heterocycles. The maximum atomic E-state index is 2.47. The number of allylic oxidation sites excluding steroid dienone is 2. The van der Waals surface area contributed by atoms with Gasteiger partial charge in [0.1, 0.15) is 0 Å². The third-order valence-electron chi connectivity index (χ3n) is 4.42. The number of hydrogen-bond donors (Lipinski definition) is 0. The van der Waals surface area contributed by atoms with Crippen molar-refractivity contribution in [2.75, 3.05) is 0 Å². The molecule has 2 aromatic carbocycles. The van der Waals surface area contributed by atoms with Gasteiger partial charge in [-0.05, 0) is 48.3 Å². The number of thioether (sulfide) groups is 1. The third-order valence-corrected chi connectivity index (χ3v) is 5.56. The first-order valence-corrected chi connectivity index (χ1v) is 10.7. The lowest BCUT2D eigenvalue weighted by Gasteiger charge is -2.08. The van der Waals surface area contributed by atoms with Gasteiger partial charge in [0, 0.05) is 4.90 Å². The Hall–Kier alpha value is -1.47. The summed E-state index contributed by atoms with van der Waals surface area (Å²) in [5.74, 6) is 0. The molecule has 0 fully saturated rings. The molecule has 25 heavy (non-hydrogen) atoms. The van der Waals surface area contributed by atoms with Crippen molar-refractivity contribution in [3.63, 3.8) is 0 Å². The van der Waals surface area contributed by atoms with Crippen LogP contribution in [0.15, 0.2) is 76.5 Å². The van der Waals surface area contributed by atoms with E-state index in [0.717, 1.165) is 12.8 Å². The molecule has 0 atom stereocenters. The normalized spacial score (nSPS) is 11.6. The first-order valence-electron chi connectivity index (χ1n) is 9.84. The van der Waals surface area contributed by atoms with Crippen LogP contribution in [0.1, 0.15) is 63.9 Å². The fraction of sp³-hybridized carbons (Fsp3) is 0.417. The van der Waals surface area contributed by atoms with Crippen molar-refractivity contribution in [3.05, 3.63) is 77.2 Å². The van der Waals surface area contributed by atoms with Crippen molar-refractivity contribution in [3.8, 4) is 0 Å². The average Bonchev–Trinajstić information content (AvgIpc) is 2.66. The highest BCUT2D eigenvalue weighted by Crippen LogP contribution is 2.30. The second-order valence-electron chi connectivity index (χ2n) is 6.63. The Kier molecular flexibility index (Phi) is 10.2. The van der Waals surface area contributed by atoms with E-state index in [2.05, 4.69) is 73.7 Å². The lowest BCUT2D eigenvalue weighted by molar-refractivity contribution is 0.610. The highest BCUT2D eigenvalue weighted by atomic mass is 32.2. The molecular weight excluding hydrogens is 320 g/mol. The summed E-state index contributed by atoms with van der Waals surface area (Å²) in [6.07, 6.45) is 14.2. The van der Waals surface area contributed by atoms with Gasteiger partial charge in [0.25, 0.3) is 0 Å². The van der Waals surface area contributed by atoms with Gasteiger partial charge in [-0.1, -0.05) is 105 Å². The van der Waals surface area contributed by atoms with Crippen molar-refractivity contribution in [1.29, 1.82) is 0 Å². The third kappa shape index (κ3) is 8.97. The maximum Gasteiger partial charge on any atom is 0.0118 e. The molecule has 0 heterocycles. The molecule has 0 unspecified atom stereocenters. The minimum Gasteiger partial charge on any atom is -0.0949 e. The minimum atomic E-state index is 1.13. The number of hydrogen-bond acceptors (Lipinski definition) is 1. The molecule has 0 spiro atoms. The number of unbranched alkanes of at least 4 members (excludes halogenated alkanes) is 5. The van der Waals surface area contributed by atoms with Crippen LogP contribution in [0.5, 0.6) is 0 Å². The zero-order valence-corrected chi connectivity index (χ0v) is 16.4. The van der Waals surface area contributed by atoms with Crippen LogP contribution in [0.25, 0.3) is 0 Å². The van der Waals surface area contributed by atoms with Gasteiger partial charge in [-0.3, -0.25) is 0 Å². The van der Waals surface area contributed by atoms with Crippen LogP contribution in [0.2, 0.25) is 0 Å². The number of aryl methyl sites for hydroxylation is 1. The van der Waals surface area contributed by atoms with Gasteiger partial charge in [-0.2, -0.15) is 0 Å². The van der Waals surface area contributed by atoms with Crippen LogP contribution in [0.4, 0.5) is 0 Å². The zero-order chi connectivity index (χ0) is 17.6. The van der Waals surface area contributed by atoms with E-state index in [4.69, 9.17) is 0 Å². The largest absolute Gasteiger partial charge is 0.0949 e. The van der Waals surface area contributed by atoms with Gasteiger partial charge in [-0.25, -0.2) is 0 Å². The number of rotatable bonds is 12. The maximum absolute atomic E-state index is 2.47. The van der Waals surface area contributed by atoms with E-state index in [-0.39, 0.29) is 0 Å². The van der Waals surface area contributed by atoms with Gasteiger partial charge in [-0.15, -0.1) is 0 Å². The Bertz CT molecular complexity index is 586. The summed E-state index contributed by atoms with van der Waals surface area (Å²) in [7, 11) is 0. The van der Waals surface area contributed by atoms with Crippen LogP contribution in [0, 0.1) is 0 Å². The van der Waals surface area contributed by atoms with Crippen LogP contribution in [-0.4, -0.2) is 0 Å². The van der Waals surface area contributed by atoms with E-state index in [1.807, 2.05) is 11.8 Å². The second kappa shape index (κ2) is 12.8. The van der Waals surface area contributed by atoms with Crippen molar-refractivity contribution in [2.24, 2.45) is 0 Å². The molecule has 134 valence electrons. The summed E-state index contributed by atoms with van der Waals surface area (Å²) in [6, 6.07) is 21.6.